The first-order valence-corrected chi connectivity index (χ1v) is 5.42. The number of hydrogen-bond acceptors (Lipinski definition) is 2. The zero-order valence-electron chi connectivity index (χ0n) is 7.93. The van der Waals surface area contributed by atoms with Crippen LogP contribution in [0.4, 0.5) is 4.39 Å². The monoisotopic (exact) mass is 262 g/mol. The first-order valence-electron chi connectivity index (χ1n) is 4.30. The Morgan fingerprint density at radius 1 is 1.36 bits per heavy atom. The highest BCUT2D eigenvalue weighted by Crippen LogP contribution is 2.27. The van der Waals surface area contributed by atoms with Crippen molar-refractivity contribution in [1.82, 2.24) is 0 Å². The van der Waals surface area contributed by atoms with Gasteiger partial charge in [0.15, 0.2) is 11.5 Å². The molecule has 0 aliphatic carbocycles. The number of rotatable bonds is 5. The van der Waals surface area contributed by atoms with Gasteiger partial charge in [-0.05, 0) is 18.6 Å². The molecule has 1 rings (SSSR count). The summed E-state index contributed by atoms with van der Waals surface area (Å²) in [4.78, 5) is 0. The molecule has 0 unspecified atom stereocenters. The summed E-state index contributed by atoms with van der Waals surface area (Å²) in [5.74, 6) is 0.689. The van der Waals surface area contributed by atoms with E-state index < -0.39 is 0 Å². The van der Waals surface area contributed by atoms with Crippen LogP contribution in [0.5, 0.6) is 11.5 Å². The Balaban J connectivity index is 2.67. The van der Waals surface area contributed by atoms with Gasteiger partial charge in [-0.15, -0.1) is 0 Å². The molecule has 0 atom stereocenters. The Labute approximate surface area is 91.2 Å². The van der Waals surface area contributed by atoms with E-state index in [1.807, 2.05) is 0 Å². The molecule has 0 aromatic heterocycles. The van der Waals surface area contributed by atoms with E-state index in [0.29, 0.717) is 18.1 Å². The average molecular weight is 263 g/mol. The summed E-state index contributed by atoms with van der Waals surface area (Å²) in [5, 5.41) is 0.866. The van der Waals surface area contributed by atoms with Crippen LogP contribution in [0.25, 0.3) is 0 Å². The van der Waals surface area contributed by atoms with Gasteiger partial charge in [-0.3, -0.25) is 0 Å². The number of alkyl halides is 1. The van der Waals surface area contributed by atoms with Crippen LogP contribution in [-0.4, -0.2) is 19.0 Å². The SMILES string of the molecule is COc1ccc(F)cc1OCCCBr. The Morgan fingerprint density at radius 2 is 2.14 bits per heavy atom. The molecule has 0 spiro atoms. The third-order valence-electron chi connectivity index (χ3n) is 1.66. The van der Waals surface area contributed by atoms with E-state index in [2.05, 4.69) is 15.9 Å². The molecule has 1 aromatic rings. The van der Waals surface area contributed by atoms with E-state index >= 15 is 0 Å². The maximum atomic E-state index is 12.8. The molecule has 0 bridgehead atoms. The summed E-state index contributed by atoms with van der Waals surface area (Å²) in [6.45, 7) is 0.547. The molecule has 1 aromatic carbocycles. The van der Waals surface area contributed by atoms with Gasteiger partial charge in [0.2, 0.25) is 0 Å². The second kappa shape index (κ2) is 5.86. The number of hydrogen-bond donors (Lipinski definition) is 0. The van der Waals surface area contributed by atoms with Crippen molar-refractivity contribution in [1.29, 1.82) is 0 Å². The molecule has 0 fully saturated rings. The van der Waals surface area contributed by atoms with Crippen LogP contribution in [0, 0.1) is 5.82 Å². The van der Waals surface area contributed by atoms with Gasteiger partial charge in [-0.2, -0.15) is 0 Å². The first kappa shape index (κ1) is 11.3. The molecule has 0 aliphatic rings. The average Bonchev–Trinajstić information content (AvgIpc) is 2.19. The fraction of sp³-hybridized carbons (Fsp3) is 0.400. The molecular weight excluding hydrogens is 251 g/mol. The van der Waals surface area contributed by atoms with Crippen LogP contribution >= 0.6 is 15.9 Å². The molecule has 0 saturated heterocycles. The van der Waals surface area contributed by atoms with Crippen molar-refractivity contribution in [2.75, 3.05) is 19.0 Å². The molecule has 0 aliphatic heterocycles. The summed E-state index contributed by atoms with van der Waals surface area (Å²) < 4.78 is 23.2. The molecule has 0 saturated carbocycles. The van der Waals surface area contributed by atoms with Crippen LogP contribution in [0.2, 0.25) is 0 Å². The molecule has 0 radical (unpaired) electrons. The highest BCUT2D eigenvalue weighted by Gasteiger charge is 2.04. The van der Waals surface area contributed by atoms with E-state index in [0.717, 1.165) is 11.8 Å². The van der Waals surface area contributed by atoms with Crippen molar-refractivity contribution in [2.24, 2.45) is 0 Å². The van der Waals surface area contributed by atoms with Crippen LogP contribution in [0.1, 0.15) is 6.42 Å². The van der Waals surface area contributed by atoms with Crippen LogP contribution in [-0.2, 0) is 0 Å². The maximum Gasteiger partial charge on any atom is 0.164 e. The second-order valence-electron chi connectivity index (χ2n) is 2.69. The lowest BCUT2D eigenvalue weighted by Gasteiger charge is -2.09. The van der Waals surface area contributed by atoms with Gasteiger partial charge >= 0.3 is 0 Å². The maximum absolute atomic E-state index is 12.8. The number of benzene rings is 1. The third kappa shape index (κ3) is 3.18. The minimum Gasteiger partial charge on any atom is -0.493 e. The normalized spacial score (nSPS) is 9.93. The lowest BCUT2D eigenvalue weighted by atomic mass is 10.3. The fourth-order valence-electron chi connectivity index (χ4n) is 1.00. The quantitative estimate of drug-likeness (QED) is 0.600. The van der Waals surface area contributed by atoms with Crippen LogP contribution in [0.3, 0.4) is 0 Å². The van der Waals surface area contributed by atoms with Crippen molar-refractivity contribution < 1.29 is 13.9 Å². The lowest BCUT2D eigenvalue weighted by molar-refractivity contribution is 0.294. The summed E-state index contributed by atoms with van der Waals surface area (Å²) in [7, 11) is 1.53. The summed E-state index contributed by atoms with van der Waals surface area (Å²) in [5.41, 5.74) is 0. The van der Waals surface area contributed by atoms with Crippen molar-refractivity contribution in [3.63, 3.8) is 0 Å². The van der Waals surface area contributed by atoms with Crippen molar-refractivity contribution in [2.45, 2.75) is 6.42 Å². The Morgan fingerprint density at radius 3 is 2.79 bits per heavy atom. The van der Waals surface area contributed by atoms with Gasteiger partial charge in [0.1, 0.15) is 5.82 Å². The summed E-state index contributed by atoms with van der Waals surface area (Å²) in [6.07, 6.45) is 0.875. The number of ether oxygens (including phenoxy) is 2. The smallest absolute Gasteiger partial charge is 0.164 e. The van der Waals surface area contributed by atoms with Gasteiger partial charge < -0.3 is 9.47 Å². The molecule has 0 N–H and O–H groups in total. The lowest BCUT2D eigenvalue weighted by Crippen LogP contribution is -2.00. The molecule has 2 nitrogen and oxygen atoms in total. The van der Waals surface area contributed by atoms with Gasteiger partial charge in [0.05, 0.1) is 13.7 Å². The second-order valence-corrected chi connectivity index (χ2v) is 3.48. The van der Waals surface area contributed by atoms with Crippen molar-refractivity contribution >= 4 is 15.9 Å². The largest absolute Gasteiger partial charge is 0.493 e. The van der Waals surface area contributed by atoms with Crippen molar-refractivity contribution in [3.8, 4) is 11.5 Å². The highest BCUT2D eigenvalue weighted by molar-refractivity contribution is 9.09. The molecule has 78 valence electrons. The minimum atomic E-state index is -0.320. The molecule has 14 heavy (non-hydrogen) atoms. The van der Waals surface area contributed by atoms with E-state index in [-0.39, 0.29) is 5.82 Å². The number of halogens is 2. The van der Waals surface area contributed by atoms with E-state index in [1.165, 1.54) is 19.2 Å². The molecule has 4 heteroatoms. The van der Waals surface area contributed by atoms with Crippen molar-refractivity contribution in [3.05, 3.63) is 24.0 Å². The van der Waals surface area contributed by atoms with Crippen LogP contribution in [0.15, 0.2) is 18.2 Å². The zero-order chi connectivity index (χ0) is 10.4. The standard InChI is InChI=1S/C10H12BrFO2/c1-13-9-4-3-8(12)7-10(9)14-6-2-5-11/h3-4,7H,2,5-6H2,1H3. The third-order valence-corrected chi connectivity index (χ3v) is 2.22. The minimum absolute atomic E-state index is 0.320. The zero-order valence-corrected chi connectivity index (χ0v) is 9.51. The van der Waals surface area contributed by atoms with Crippen LogP contribution < -0.4 is 9.47 Å². The Kier molecular flexibility index (Phi) is 4.73. The van der Waals surface area contributed by atoms with E-state index in [9.17, 15) is 4.39 Å². The number of methoxy groups -OCH3 is 1. The van der Waals surface area contributed by atoms with Gasteiger partial charge in [0, 0.05) is 11.4 Å². The Hall–Kier alpha value is -0.770. The topological polar surface area (TPSA) is 18.5 Å². The van der Waals surface area contributed by atoms with Gasteiger partial charge in [-0.25, -0.2) is 4.39 Å². The molecule has 0 amide bonds. The van der Waals surface area contributed by atoms with E-state index in [1.54, 1.807) is 6.07 Å². The molecule has 0 heterocycles. The first-order chi connectivity index (χ1) is 6.77. The Bertz CT molecular complexity index is 291. The summed E-state index contributed by atoms with van der Waals surface area (Å²) >= 11 is 3.29. The highest BCUT2D eigenvalue weighted by atomic mass is 79.9. The predicted molar refractivity (Wildman–Crippen MR) is 56.9 cm³/mol. The predicted octanol–water partition coefficient (Wildman–Crippen LogP) is 3.00. The van der Waals surface area contributed by atoms with Gasteiger partial charge in [0.25, 0.3) is 0 Å². The summed E-state index contributed by atoms with van der Waals surface area (Å²) in [6, 6.07) is 4.22. The fourth-order valence-corrected chi connectivity index (χ4v) is 1.23. The van der Waals surface area contributed by atoms with E-state index in [4.69, 9.17) is 9.47 Å². The molecular formula is C10H12BrFO2. The van der Waals surface area contributed by atoms with Gasteiger partial charge in [-0.1, -0.05) is 15.9 Å².